The average Bonchev–Trinajstić information content (AvgIpc) is 3.40. The van der Waals surface area contributed by atoms with Crippen LogP contribution in [0.4, 0.5) is 5.69 Å². The van der Waals surface area contributed by atoms with Crippen molar-refractivity contribution in [1.29, 1.82) is 0 Å². The number of carbonyl (C=O) groups excluding carboxylic acids is 1. The van der Waals surface area contributed by atoms with Gasteiger partial charge in [0.05, 0.1) is 0 Å². The van der Waals surface area contributed by atoms with Gasteiger partial charge in [0, 0.05) is 37.8 Å². The highest BCUT2D eigenvalue weighted by Crippen LogP contribution is 2.31. The molecule has 120 valence electrons. The van der Waals surface area contributed by atoms with E-state index in [1.54, 1.807) is 0 Å². The average molecular weight is 337 g/mol. The van der Waals surface area contributed by atoms with Crippen LogP contribution in [0.15, 0.2) is 24.3 Å². The van der Waals surface area contributed by atoms with Crippen LogP contribution in [0.25, 0.3) is 0 Å². The fourth-order valence-electron chi connectivity index (χ4n) is 2.90. The predicted octanol–water partition coefficient (Wildman–Crippen LogP) is 2.44. The van der Waals surface area contributed by atoms with Crippen molar-refractivity contribution in [3.8, 4) is 0 Å². The molecule has 1 amide bonds. The Hall–Kier alpha value is -0.940. The third-order valence-electron chi connectivity index (χ3n) is 4.43. The quantitative estimate of drug-likeness (QED) is 0.637. The van der Waals surface area contributed by atoms with E-state index in [4.69, 9.17) is 0 Å². The maximum atomic E-state index is 12.1. The molecule has 2 fully saturated rings. The lowest BCUT2D eigenvalue weighted by molar-refractivity contribution is -0.132. The Balaban J connectivity index is 1.51. The number of rotatable bonds is 5. The predicted molar refractivity (Wildman–Crippen MR) is 101 cm³/mol. The Labute approximate surface area is 142 Å². The Morgan fingerprint density at radius 3 is 2.45 bits per heavy atom. The summed E-state index contributed by atoms with van der Waals surface area (Å²) in [6.07, 6.45) is 3.30. The second kappa shape index (κ2) is 7.55. The second-order valence-electron chi connectivity index (χ2n) is 6.02. The van der Waals surface area contributed by atoms with Crippen molar-refractivity contribution < 1.29 is 4.79 Å². The molecule has 2 aliphatic rings. The number of carbonyl (C=O) groups is 1. The topological polar surface area (TPSA) is 23.6 Å². The Morgan fingerprint density at radius 2 is 1.86 bits per heavy atom. The molecular weight excluding hydrogens is 312 g/mol. The van der Waals surface area contributed by atoms with E-state index in [9.17, 15) is 4.79 Å². The number of hydrogen-bond acceptors (Lipinski definition) is 2. The van der Waals surface area contributed by atoms with E-state index in [1.807, 2.05) is 4.70 Å². The number of anilines is 1. The molecule has 3 nitrogen and oxygen atoms in total. The van der Waals surface area contributed by atoms with Gasteiger partial charge in [0.25, 0.3) is 0 Å². The minimum Gasteiger partial charge on any atom is -0.368 e. The molecular formula is C17H24N2OS2. The highest BCUT2D eigenvalue weighted by molar-refractivity contribution is 8.15. The third-order valence-corrected chi connectivity index (χ3v) is 5.57. The largest absolute Gasteiger partial charge is 0.368 e. The standard InChI is InChI=1S/C17H24N2OS2/c20-17(15-3-4-15)19-10-8-18(9-11-19)16-5-1-14(2-6-16)7-12-22-13-21/h1-2,5-6,13,15,21-22H,3-4,7-12H2. The van der Waals surface area contributed by atoms with Gasteiger partial charge in [-0.15, -0.1) is 12.6 Å². The van der Waals surface area contributed by atoms with Gasteiger partial charge >= 0.3 is 0 Å². The minimum absolute atomic E-state index is 0.347. The molecule has 0 spiro atoms. The molecule has 0 unspecified atom stereocenters. The van der Waals surface area contributed by atoms with Gasteiger partial charge in [-0.3, -0.25) is 4.79 Å². The number of amides is 1. The highest BCUT2D eigenvalue weighted by Gasteiger charge is 2.34. The molecule has 0 atom stereocenters. The van der Waals surface area contributed by atoms with Crippen LogP contribution in [0, 0.1) is 5.92 Å². The molecule has 1 heterocycles. The Morgan fingerprint density at radius 1 is 1.18 bits per heavy atom. The summed E-state index contributed by atoms with van der Waals surface area (Å²) in [5.74, 6) is 1.86. The van der Waals surface area contributed by atoms with Crippen molar-refractivity contribution in [2.45, 2.75) is 19.3 Å². The number of benzene rings is 1. The molecule has 3 rings (SSSR count). The molecule has 1 saturated heterocycles. The summed E-state index contributed by atoms with van der Waals surface area (Å²) >= 11 is 5.40. The summed E-state index contributed by atoms with van der Waals surface area (Å²) in [7, 11) is 0. The lowest BCUT2D eigenvalue weighted by Gasteiger charge is -2.36. The van der Waals surface area contributed by atoms with Gasteiger partial charge in [0.2, 0.25) is 5.91 Å². The van der Waals surface area contributed by atoms with Gasteiger partial charge < -0.3 is 9.80 Å². The van der Waals surface area contributed by atoms with Crippen molar-refractivity contribution in [3.05, 3.63) is 29.8 Å². The van der Waals surface area contributed by atoms with Gasteiger partial charge in [0.1, 0.15) is 0 Å². The molecule has 22 heavy (non-hydrogen) atoms. The molecule has 0 aromatic heterocycles. The number of thiol groups is 2. The van der Waals surface area contributed by atoms with E-state index in [0.29, 0.717) is 11.8 Å². The lowest BCUT2D eigenvalue weighted by atomic mass is 10.1. The van der Waals surface area contributed by atoms with Crippen LogP contribution < -0.4 is 4.90 Å². The molecule has 5 heteroatoms. The number of nitrogens with zero attached hydrogens (tertiary/aromatic N) is 2. The first kappa shape index (κ1) is 15.9. The maximum absolute atomic E-state index is 12.1. The lowest BCUT2D eigenvalue weighted by Crippen LogP contribution is -2.49. The van der Waals surface area contributed by atoms with E-state index >= 15 is 0 Å². The summed E-state index contributed by atoms with van der Waals surface area (Å²) < 4.78 is 1.90. The first-order valence-electron chi connectivity index (χ1n) is 8.03. The number of aryl methyl sites for hydroxylation is 1. The van der Waals surface area contributed by atoms with Crippen molar-refractivity contribution in [2.75, 3.05) is 36.8 Å². The molecule has 1 aliphatic heterocycles. The van der Waals surface area contributed by atoms with Gasteiger partial charge in [-0.05, 0) is 47.4 Å². The summed E-state index contributed by atoms with van der Waals surface area (Å²) in [6, 6.07) is 8.89. The fraction of sp³-hybridized carbons (Fsp3) is 0.529. The normalized spacial score (nSPS) is 19.3. The number of piperazine rings is 1. The zero-order chi connectivity index (χ0) is 15.4. The van der Waals surface area contributed by atoms with Crippen LogP contribution in [-0.4, -0.2) is 47.4 Å². The van der Waals surface area contributed by atoms with Crippen molar-refractivity contribution >= 4 is 40.3 Å². The van der Waals surface area contributed by atoms with Gasteiger partial charge in [-0.1, -0.05) is 12.1 Å². The molecule has 0 radical (unpaired) electrons. The molecule has 1 aromatic carbocycles. The van der Waals surface area contributed by atoms with Gasteiger partial charge in [-0.2, -0.15) is 11.4 Å². The molecule has 1 saturated carbocycles. The summed E-state index contributed by atoms with van der Waals surface area (Å²) in [5, 5.41) is 0. The van der Waals surface area contributed by atoms with E-state index in [0.717, 1.165) is 51.2 Å². The zero-order valence-electron chi connectivity index (χ0n) is 12.8. The monoisotopic (exact) mass is 336 g/mol. The zero-order valence-corrected chi connectivity index (χ0v) is 14.6. The molecule has 0 bridgehead atoms. The van der Waals surface area contributed by atoms with Crippen LogP contribution in [0.2, 0.25) is 0 Å². The Kier molecular flexibility index (Phi) is 5.47. The minimum atomic E-state index is 0.347. The van der Waals surface area contributed by atoms with Gasteiger partial charge in [0.15, 0.2) is 0 Å². The number of hydrogen-bond donors (Lipinski definition) is 2. The SMILES string of the molecule is O=C(C1CC1)N1CCN(c2ccc(CC[SH]=CS)cc2)CC1. The summed E-state index contributed by atoms with van der Waals surface area (Å²) in [6.45, 7) is 3.64. The summed E-state index contributed by atoms with van der Waals surface area (Å²) in [4.78, 5) is 16.5. The third kappa shape index (κ3) is 4.07. The first-order valence-corrected chi connectivity index (χ1v) is 9.69. The molecule has 1 aliphatic carbocycles. The van der Waals surface area contributed by atoms with Crippen LogP contribution in [-0.2, 0) is 11.2 Å². The summed E-state index contributed by atoms with van der Waals surface area (Å²) in [5.41, 5.74) is 2.66. The maximum Gasteiger partial charge on any atom is 0.225 e. The molecule has 1 aromatic rings. The van der Waals surface area contributed by atoms with Crippen LogP contribution >= 0.6 is 24.0 Å². The molecule has 0 N–H and O–H groups in total. The van der Waals surface area contributed by atoms with E-state index in [1.165, 1.54) is 22.6 Å². The van der Waals surface area contributed by atoms with Crippen LogP contribution in [0.5, 0.6) is 0 Å². The van der Waals surface area contributed by atoms with Gasteiger partial charge in [-0.25, -0.2) is 0 Å². The highest BCUT2D eigenvalue weighted by atomic mass is 32.2. The van der Waals surface area contributed by atoms with Crippen molar-refractivity contribution in [3.63, 3.8) is 0 Å². The second-order valence-corrected chi connectivity index (χ2v) is 7.76. The fourth-order valence-corrected chi connectivity index (χ4v) is 3.75. The smallest absolute Gasteiger partial charge is 0.225 e. The van der Waals surface area contributed by atoms with E-state index < -0.39 is 0 Å². The van der Waals surface area contributed by atoms with Crippen LogP contribution in [0.3, 0.4) is 0 Å². The van der Waals surface area contributed by atoms with E-state index in [2.05, 4.69) is 46.7 Å². The van der Waals surface area contributed by atoms with E-state index in [-0.39, 0.29) is 0 Å². The Bertz CT molecular complexity index is 532. The first-order chi connectivity index (χ1) is 10.8. The van der Waals surface area contributed by atoms with Crippen LogP contribution in [0.1, 0.15) is 18.4 Å². The van der Waals surface area contributed by atoms with Crippen molar-refractivity contribution in [1.82, 2.24) is 4.90 Å². The van der Waals surface area contributed by atoms with Crippen molar-refractivity contribution in [2.24, 2.45) is 5.92 Å².